The molecule has 1 aromatic rings. The van der Waals surface area contributed by atoms with Gasteiger partial charge in [0.25, 0.3) is 0 Å². The van der Waals surface area contributed by atoms with Crippen molar-refractivity contribution in [2.75, 3.05) is 6.54 Å². The molecular formula is C13H25N3O. The Bertz CT molecular complexity index is 360. The van der Waals surface area contributed by atoms with E-state index >= 15 is 0 Å². The number of aromatic nitrogens is 2. The summed E-state index contributed by atoms with van der Waals surface area (Å²) in [5.74, 6) is 0. The lowest BCUT2D eigenvalue weighted by atomic mass is 9.80. The molecule has 0 aliphatic rings. The van der Waals surface area contributed by atoms with Crippen molar-refractivity contribution in [1.82, 2.24) is 9.78 Å². The zero-order chi connectivity index (χ0) is 13.1. The molecule has 0 aromatic carbocycles. The number of aliphatic hydroxyl groups is 1. The van der Waals surface area contributed by atoms with Crippen molar-refractivity contribution in [2.24, 2.45) is 11.1 Å². The van der Waals surface area contributed by atoms with Crippen molar-refractivity contribution in [3.8, 4) is 0 Å². The van der Waals surface area contributed by atoms with Crippen LogP contribution in [-0.2, 0) is 19.4 Å². The standard InChI is InChI=1S/C13H25N3O/c1-5-11-7-12(16(6-2)15-11)8-13(4,9-14)10(3)17/h7,10,17H,5-6,8-9,14H2,1-4H3. The Hall–Kier alpha value is -0.870. The van der Waals surface area contributed by atoms with Gasteiger partial charge >= 0.3 is 0 Å². The van der Waals surface area contributed by atoms with Crippen molar-refractivity contribution in [3.63, 3.8) is 0 Å². The first-order chi connectivity index (χ1) is 7.96. The van der Waals surface area contributed by atoms with Crippen LogP contribution in [0.5, 0.6) is 0 Å². The van der Waals surface area contributed by atoms with Crippen LogP contribution in [-0.4, -0.2) is 27.5 Å². The van der Waals surface area contributed by atoms with E-state index in [0.717, 1.165) is 25.1 Å². The molecule has 4 heteroatoms. The smallest absolute Gasteiger partial charge is 0.0624 e. The monoisotopic (exact) mass is 239 g/mol. The van der Waals surface area contributed by atoms with Gasteiger partial charge < -0.3 is 10.8 Å². The van der Waals surface area contributed by atoms with E-state index in [1.54, 1.807) is 6.92 Å². The molecule has 0 aliphatic heterocycles. The van der Waals surface area contributed by atoms with E-state index in [-0.39, 0.29) is 5.41 Å². The van der Waals surface area contributed by atoms with E-state index in [1.807, 2.05) is 11.6 Å². The third-order valence-corrected chi connectivity index (χ3v) is 3.64. The average Bonchev–Trinajstić information content (AvgIpc) is 2.70. The predicted octanol–water partition coefficient (Wildman–Crippen LogP) is 1.35. The van der Waals surface area contributed by atoms with Gasteiger partial charge in [0.2, 0.25) is 0 Å². The summed E-state index contributed by atoms with van der Waals surface area (Å²) in [7, 11) is 0. The minimum atomic E-state index is -0.419. The summed E-state index contributed by atoms with van der Waals surface area (Å²) in [6.07, 6.45) is 1.29. The van der Waals surface area contributed by atoms with E-state index in [2.05, 4.69) is 25.0 Å². The second-order valence-corrected chi connectivity index (χ2v) is 5.01. The molecular weight excluding hydrogens is 214 g/mol. The lowest BCUT2D eigenvalue weighted by molar-refractivity contribution is 0.0573. The molecule has 2 unspecified atom stereocenters. The summed E-state index contributed by atoms with van der Waals surface area (Å²) >= 11 is 0. The highest BCUT2D eigenvalue weighted by atomic mass is 16.3. The van der Waals surface area contributed by atoms with Gasteiger partial charge in [0.1, 0.15) is 0 Å². The maximum Gasteiger partial charge on any atom is 0.0624 e. The summed E-state index contributed by atoms with van der Waals surface area (Å²) < 4.78 is 2.01. The first-order valence-electron chi connectivity index (χ1n) is 6.40. The maximum atomic E-state index is 9.85. The quantitative estimate of drug-likeness (QED) is 0.787. The number of aliphatic hydroxyl groups excluding tert-OH is 1. The van der Waals surface area contributed by atoms with E-state index in [9.17, 15) is 5.11 Å². The zero-order valence-corrected chi connectivity index (χ0v) is 11.4. The fraction of sp³-hybridized carbons (Fsp3) is 0.769. The SMILES string of the molecule is CCc1cc(CC(C)(CN)C(C)O)n(CC)n1. The van der Waals surface area contributed by atoms with Gasteiger partial charge in [-0.05, 0) is 32.8 Å². The second kappa shape index (κ2) is 5.65. The van der Waals surface area contributed by atoms with Crippen LogP contribution in [0.4, 0.5) is 0 Å². The Morgan fingerprint density at radius 3 is 2.59 bits per heavy atom. The number of rotatable bonds is 6. The molecule has 0 bridgehead atoms. The third-order valence-electron chi connectivity index (χ3n) is 3.64. The van der Waals surface area contributed by atoms with Gasteiger partial charge in [0.05, 0.1) is 11.8 Å². The van der Waals surface area contributed by atoms with E-state index in [0.29, 0.717) is 6.54 Å². The zero-order valence-electron chi connectivity index (χ0n) is 11.4. The van der Waals surface area contributed by atoms with Crippen LogP contribution in [0.25, 0.3) is 0 Å². The molecule has 17 heavy (non-hydrogen) atoms. The fourth-order valence-electron chi connectivity index (χ4n) is 1.91. The largest absolute Gasteiger partial charge is 0.393 e. The van der Waals surface area contributed by atoms with Crippen molar-refractivity contribution >= 4 is 0 Å². The molecule has 1 heterocycles. The van der Waals surface area contributed by atoms with Gasteiger partial charge in [0.15, 0.2) is 0 Å². The van der Waals surface area contributed by atoms with Crippen molar-refractivity contribution in [1.29, 1.82) is 0 Å². The average molecular weight is 239 g/mol. The number of hydrogen-bond acceptors (Lipinski definition) is 3. The van der Waals surface area contributed by atoms with Crippen LogP contribution in [0.3, 0.4) is 0 Å². The third kappa shape index (κ3) is 3.07. The number of nitrogens with two attached hydrogens (primary N) is 1. The molecule has 2 atom stereocenters. The molecule has 0 aliphatic carbocycles. The number of nitrogens with zero attached hydrogens (tertiary/aromatic N) is 2. The molecule has 0 fully saturated rings. The molecule has 1 aromatic heterocycles. The van der Waals surface area contributed by atoms with Gasteiger partial charge in [-0.15, -0.1) is 0 Å². The molecule has 0 amide bonds. The van der Waals surface area contributed by atoms with E-state index in [1.165, 1.54) is 5.69 Å². The van der Waals surface area contributed by atoms with Crippen molar-refractivity contribution < 1.29 is 5.11 Å². The van der Waals surface area contributed by atoms with Crippen LogP contribution >= 0.6 is 0 Å². The van der Waals surface area contributed by atoms with E-state index in [4.69, 9.17) is 5.73 Å². The minimum Gasteiger partial charge on any atom is -0.393 e. The van der Waals surface area contributed by atoms with Gasteiger partial charge in [-0.2, -0.15) is 5.10 Å². The number of hydrogen-bond donors (Lipinski definition) is 2. The molecule has 3 N–H and O–H groups in total. The normalized spacial score (nSPS) is 16.8. The van der Waals surface area contributed by atoms with Crippen LogP contribution in [0.1, 0.15) is 39.1 Å². The van der Waals surface area contributed by atoms with E-state index < -0.39 is 6.10 Å². The Labute approximate surface area is 104 Å². The van der Waals surface area contributed by atoms with Gasteiger partial charge in [0, 0.05) is 24.2 Å². The van der Waals surface area contributed by atoms with Crippen LogP contribution in [0, 0.1) is 5.41 Å². The second-order valence-electron chi connectivity index (χ2n) is 5.01. The Morgan fingerprint density at radius 1 is 1.53 bits per heavy atom. The molecule has 1 rings (SSSR count). The molecule has 4 nitrogen and oxygen atoms in total. The Balaban J connectivity index is 2.96. The highest BCUT2D eigenvalue weighted by molar-refractivity contribution is 5.13. The van der Waals surface area contributed by atoms with Crippen LogP contribution in [0.15, 0.2) is 6.07 Å². The maximum absolute atomic E-state index is 9.85. The summed E-state index contributed by atoms with van der Waals surface area (Å²) in [6, 6.07) is 2.12. The fourth-order valence-corrected chi connectivity index (χ4v) is 1.91. The summed E-state index contributed by atoms with van der Waals surface area (Å²) in [4.78, 5) is 0. The molecule has 0 spiro atoms. The van der Waals surface area contributed by atoms with Crippen LogP contribution < -0.4 is 5.73 Å². The highest BCUT2D eigenvalue weighted by Crippen LogP contribution is 2.26. The van der Waals surface area contributed by atoms with Gasteiger partial charge in [-0.25, -0.2) is 0 Å². The minimum absolute atomic E-state index is 0.280. The van der Waals surface area contributed by atoms with Crippen molar-refractivity contribution in [2.45, 2.75) is 53.2 Å². The molecule has 0 saturated heterocycles. The topological polar surface area (TPSA) is 64.1 Å². The number of aryl methyl sites for hydroxylation is 2. The van der Waals surface area contributed by atoms with Gasteiger partial charge in [-0.3, -0.25) is 4.68 Å². The lowest BCUT2D eigenvalue weighted by Gasteiger charge is -2.31. The highest BCUT2D eigenvalue weighted by Gasteiger charge is 2.30. The molecule has 0 saturated carbocycles. The Morgan fingerprint density at radius 2 is 2.18 bits per heavy atom. The Kier molecular flexibility index (Phi) is 4.71. The predicted molar refractivity (Wildman–Crippen MR) is 69.8 cm³/mol. The van der Waals surface area contributed by atoms with Crippen molar-refractivity contribution in [3.05, 3.63) is 17.5 Å². The lowest BCUT2D eigenvalue weighted by Crippen LogP contribution is -2.40. The first-order valence-corrected chi connectivity index (χ1v) is 6.40. The van der Waals surface area contributed by atoms with Gasteiger partial charge in [-0.1, -0.05) is 13.8 Å². The molecule has 0 radical (unpaired) electrons. The first kappa shape index (κ1) is 14.2. The molecule has 98 valence electrons. The summed E-state index contributed by atoms with van der Waals surface area (Å²) in [5, 5.41) is 14.4. The summed E-state index contributed by atoms with van der Waals surface area (Å²) in [6.45, 7) is 9.34. The summed E-state index contributed by atoms with van der Waals surface area (Å²) in [5.41, 5.74) is 7.79. The van der Waals surface area contributed by atoms with Crippen LogP contribution in [0.2, 0.25) is 0 Å².